The highest BCUT2D eigenvalue weighted by atomic mass is 32.2. The Morgan fingerprint density at radius 2 is 1.85 bits per heavy atom. The van der Waals surface area contributed by atoms with Crippen molar-refractivity contribution in [2.45, 2.75) is 43.4 Å². The van der Waals surface area contributed by atoms with E-state index in [0.29, 0.717) is 11.3 Å². The van der Waals surface area contributed by atoms with Crippen molar-refractivity contribution in [1.29, 1.82) is 0 Å². The Morgan fingerprint density at radius 3 is 2.42 bits per heavy atom. The van der Waals surface area contributed by atoms with Gasteiger partial charge in [-0.25, -0.2) is 4.21 Å². The summed E-state index contributed by atoms with van der Waals surface area (Å²) in [5.41, 5.74) is 4.02. The molecule has 1 saturated heterocycles. The highest BCUT2D eigenvalue weighted by Crippen LogP contribution is 2.58. The van der Waals surface area contributed by atoms with Crippen LogP contribution in [0.4, 0.5) is 5.69 Å². The summed E-state index contributed by atoms with van der Waals surface area (Å²) in [4.78, 5) is 3.37. The van der Waals surface area contributed by atoms with Crippen molar-refractivity contribution in [3.05, 3.63) is 59.7 Å². The first-order valence-corrected chi connectivity index (χ1v) is 10.8. The van der Waals surface area contributed by atoms with Gasteiger partial charge in [0.15, 0.2) is 0 Å². The Kier molecular flexibility index (Phi) is 4.66. The van der Waals surface area contributed by atoms with Crippen LogP contribution in [-0.4, -0.2) is 28.7 Å². The summed E-state index contributed by atoms with van der Waals surface area (Å²) < 4.78 is 15.7. The quantitative estimate of drug-likeness (QED) is 0.812. The van der Waals surface area contributed by atoms with Crippen LogP contribution in [0.3, 0.4) is 0 Å². The SMILES string of the molecule is CCN1CC2CC2(c2ccc(NS(=O)c3ccc(C(C)C)cc3)cc2)C1. The Hall–Kier alpha value is -1.65. The van der Waals surface area contributed by atoms with Crippen LogP contribution < -0.4 is 4.72 Å². The highest BCUT2D eigenvalue weighted by Gasteiger charge is 2.60. The molecule has 1 N–H and O–H groups in total. The van der Waals surface area contributed by atoms with E-state index in [1.54, 1.807) is 0 Å². The van der Waals surface area contributed by atoms with Crippen molar-refractivity contribution in [1.82, 2.24) is 4.90 Å². The molecule has 3 atom stereocenters. The van der Waals surface area contributed by atoms with Gasteiger partial charge in [0, 0.05) is 24.2 Å². The van der Waals surface area contributed by atoms with Crippen molar-refractivity contribution in [2.75, 3.05) is 24.4 Å². The van der Waals surface area contributed by atoms with Gasteiger partial charge in [0.25, 0.3) is 0 Å². The minimum Gasteiger partial charge on any atom is -0.302 e. The molecule has 0 spiro atoms. The number of likely N-dealkylation sites (tertiary alicyclic amines) is 1. The van der Waals surface area contributed by atoms with Gasteiger partial charge in [-0.15, -0.1) is 0 Å². The van der Waals surface area contributed by atoms with E-state index in [4.69, 9.17) is 0 Å². The maximum atomic E-state index is 12.6. The van der Waals surface area contributed by atoms with Gasteiger partial charge in [-0.1, -0.05) is 45.0 Å². The predicted octanol–water partition coefficient (Wildman–Crippen LogP) is 4.54. The van der Waals surface area contributed by atoms with Gasteiger partial charge >= 0.3 is 0 Å². The summed E-state index contributed by atoms with van der Waals surface area (Å²) in [6.07, 6.45) is 1.32. The Bertz CT molecular complexity index is 800. The number of hydrogen-bond acceptors (Lipinski definition) is 2. The molecule has 0 bridgehead atoms. The number of benzene rings is 2. The minimum absolute atomic E-state index is 0.389. The molecule has 3 unspecified atom stereocenters. The maximum absolute atomic E-state index is 12.6. The molecule has 1 aliphatic carbocycles. The minimum atomic E-state index is -1.23. The molecule has 3 nitrogen and oxygen atoms in total. The van der Waals surface area contributed by atoms with E-state index < -0.39 is 11.0 Å². The Balaban J connectivity index is 1.42. The largest absolute Gasteiger partial charge is 0.302 e. The lowest BCUT2D eigenvalue weighted by atomic mass is 9.95. The first-order chi connectivity index (χ1) is 12.5. The molecule has 0 aromatic heterocycles. The lowest BCUT2D eigenvalue weighted by Crippen LogP contribution is -2.26. The number of nitrogens with zero attached hydrogens (tertiary/aromatic N) is 1. The van der Waals surface area contributed by atoms with E-state index >= 15 is 0 Å². The van der Waals surface area contributed by atoms with Gasteiger partial charge in [-0.05, 0) is 60.2 Å². The smallest absolute Gasteiger partial charge is 0.150 e. The molecule has 2 aromatic carbocycles. The standard InChI is InChI=1S/C22H28N2OS/c1-4-24-14-19-13-22(19,15-24)18-7-9-20(10-8-18)23-26(25)21-11-5-17(6-12-21)16(2)3/h5-12,16,19,23H,4,13-15H2,1-3H3. The third kappa shape index (κ3) is 3.21. The molecule has 4 heteroatoms. The van der Waals surface area contributed by atoms with Crippen LogP contribution in [0.1, 0.15) is 44.2 Å². The first-order valence-electron chi connectivity index (χ1n) is 9.63. The zero-order chi connectivity index (χ0) is 18.3. The second kappa shape index (κ2) is 6.82. The van der Waals surface area contributed by atoms with E-state index in [0.717, 1.165) is 23.0 Å². The summed E-state index contributed by atoms with van der Waals surface area (Å²) in [7, 11) is -1.23. The molecule has 138 valence electrons. The van der Waals surface area contributed by atoms with E-state index in [1.165, 1.54) is 30.6 Å². The first kappa shape index (κ1) is 17.7. The molecule has 2 fully saturated rings. The second-order valence-corrected chi connectivity index (χ2v) is 9.27. The van der Waals surface area contributed by atoms with E-state index in [9.17, 15) is 4.21 Å². The number of anilines is 1. The van der Waals surface area contributed by atoms with Crippen molar-refractivity contribution >= 4 is 16.7 Å². The van der Waals surface area contributed by atoms with Gasteiger partial charge in [-0.2, -0.15) is 0 Å². The summed E-state index contributed by atoms with van der Waals surface area (Å²) in [6, 6.07) is 16.6. The average molecular weight is 369 g/mol. The van der Waals surface area contributed by atoms with Gasteiger partial charge in [-0.3, -0.25) is 0 Å². The van der Waals surface area contributed by atoms with E-state index in [2.05, 4.69) is 66.8 Å². The van der Waals surface area contributed by atoms with Gasteiger partial charge in [0.05, 0.1) is 4.90 Å². The lowest BCUT2D eigenvalue weighted by Gasteiger charge is -2.19. The second-order valence-electron chi connectivity index (χ2n) is 8.06. The molecule has 1 aliphatic heterocycles. The topological polar surface area (TPSA) is 32.3 Å². The van der Waals surface area contributed by atoms with Crippen LogP contribution in [-0.2, 0) is 16.4 Å². The summed E-state index contributed by atoms with van der Waals surface area (Å²) in [5.74, 6) is 1.32. The molecule has 0 radical (unpaired) electrons. The Labute approximate surface area is 159 Å². The van der Waals surface area contributed by atoms with Crippen LogP contribution >= 0.6 is 0 Å². The summed E-state index contributed by atoms with van der Waals surface area (Å²) >= 11 is 0. The van der Waals surface area contributed by atoms with Crippen molar-refractivity contribution in [3.63, 3.8) is 0 Å². The van der Waals surface area contributed by atoms with E-state index in [1.807, 2.05) is 12.1 Å². The van der Waals surface area contributed by atoms with Crippen LogP contribution in [0.15, 0.2) is 53.4 Å². The number of fused-ring (bicyclic) bond motifs is 1. The highest BCUT2D eigenvalue weighted by molar-refractivity contribution is 7.86. The normalized spacial score (nSPS) is 25.9. The molecule has 1 heterocycles. The third-order valence-electron chi connectivity index (χ3n) is 6.09. The molecular weight excluding hydrogens is 340 g/mol. The number of likely N-dealkylation sites (N-methyl/N-ethyl adjacent to an activating group) is 1. The summed E-state index contributed by atoms with van der Waals surface area (Å²) in [5, 5.41) is 0. The van der Waals surface area contributed by atoms with Crippen molar-refractivity contribution < 1.29 is 4.21 Å². The molecule has 4 rings (SSSR count). The molecular formula is C22H28N2OS. The Morgan fingerprint density at radius 1 is 1.15 bits per heavy atom. The van der Waals surface area contributed by atoms with Gasteiger partial charge in [0.1, 0.15) is 11.0 Å². The number of rotatable bonds is 6. The van der Waals surface area contributed by atoms with Crippen LogP contribution in [0.5, 0.6) is 0 Å². The van der Waals surface area contributed by atoms with Crippen molar-refractivity contribution in [3.8, 4) is 0 Å². The molecule has 2 aliphatic rings. The maximum Gasteiger partial charge on any atom is 0.150 e. The lowest BCUT2D eigenvalue weighted by molar-refractivity contribution is 0.314. The molecule has 1 saturated carbocycles. The van der Waals surface area contributed by atoms with Crippen LogP contribution in [0.2, 0.25) is 0 Å². The van der Waals surface area contributed by atoms with Gasteiger partial charge < -0.3 is 9.62 Å². The number of nitrogens with one attached hydrogen (secondary N) is 1. The summed E-state index contributed by atoms with van der Waals surface area (Å²) in [6.45, 7) is 10.2. The molecule has 26 heavy (non-hydrogen) atoms. The van der Waals surface area contributed by atoms with Crippen LogP contribution in [0.25, 0.3) is 0 Å². The zero-order valence-electron chi connectivity index (χ0n) is 15.9. The third-order valence-corrected chi connectivity index (χ3v) is 7.22. The fourth-order valence-corrected chi connectivity index (χ4v) is 5.14. The zero-order valence-corrected chi connectivity index (χ0v) is 16.7. The van der Waals surface area contributed by atoms with Crippen LogP contribution in [0, 0.1) is 5.92 Å². The molecule has 2 aromatic rings. The number of hydrogen-bond donors (Lipinski definition) is 1. The molecule has 0 amide bonds. The monoisotopic (exact) mass is 368 g/mol. The fourth-order valence-electron chi connectivity index (χ4n) is 4.29. The average Bonchev–Trinajstić information content (AvgIpc) is 3.23. The fraction of sp³-hybridized carbons (Fsp3) is 0.455. The van der Waals surface area contributed by atoms with Crippen molar-refractivity contribution in [2.24, 2.45) is 5.92 Å². The van der Waals surface area contributed by atoms with E-state index in [-0.39, 0.29) is 0 Å². The number of piperidine rings is 1. The van der Waals surface area contributed by atoms with Gasteiger partial charge in [0.2, 0.25) is 0 Å². The predicted molar refractivity (Wildman–Crippen MR) is 109 cm³/mol.